The first-order valence-electron chi connectivity index (χ1n) is 6.75. The maximum atomic E-state index is 11.9. The van der Waals surface area contributed by atoms with Crippen molar-refractivity contribution in [2.45, 2.75) is 6.92 Å². The van der Waals surface area contributed by atoms with E-state index in [1.54, 1.807) is 0 Å². The smallest absolute Gasteiger partial charge is 0.336 e. The normalized spacial score (nSPS) is 11.3. The molecule has 0 radical (unpaired) electrons. The molecule has 0 atom stereocenters. The lowest BCUT2D eigenvalue weighted by Gasteiger charge is -2.05. The molecule has 3 heteroatoms. The van der Waals surface area contributed by atoms with Gasteiger partial charge in [-0.15, -0.1) is 0 Å². The molecule has 0 unspecified atom stereocenters. The molecule has 4 aromatic rings. The van der Waals surface area contributed by atoms with E-state index in [-0.39, 0.29) is 5.63 Å². The van der Waals surface area contributed by atoms with Crippen LogP contribution in [0.25, 0.3) is 33.1 Å². The van der Waals surface area contributed by atoms with E-state index in [1.807, 2.05) is 55.5 Å². The summed E-state index contributed by atoms with van der Waals surface area (Å²) >= 11 is 0. The van der Waals surface area contributed by atoms with Crippen molar-refractivity contribution in [3.8, 4) is 11.1 Å². The van der Waals surface area contributed by atoms with Crippen molar-refractivity contribution in [3.05, 3.63) is 70.8 Å². The standard InChI is InChI=1S/C18H12O3/c1-11-9-15-16(20-11)8-7-13-14(10-17(19)21-18(13)15)12-5-3-2-4-6-12/h2-10H,1H3. The van der Waals surface area contributed by atoms with Gasteiger partial charge in [0, 0.05) is 11.5 Å². The minimum Gasteiger partial charge on any atom is -0.461 e. The molecule has 4 rings (SSSR count). The average Bonchev–Trinajstić information content (AvgIpc) is 2.88. The Bertz CT molecular complexity index is 1010. The fourth-order valence-electron chi connectivity index (χ4n) is 2.72. The highest BCUT2D eigenvalue weighted by Gasteiger charge is 2.12. The van der Waals surface area contributed by atoms with Crippen molar-refractivity contribution in [1.82, 2.24) is 0 Å². The molecule has 2 heterocycles. The van der Waals surface area contributed by atoms with E-state index >= 15 is 0 Å². The number of hydrogen-bond acceptors (Lipinski definition) is 3. The molecule has 0 N–H and O–H groups in total. The zero-order valence-corrected chi connectivity index (χ0v) is 11.4. The lowest BCUT2D eigenvalue weighted by atomic mass is 10.0. The van der Waals surface area contributed by atoms with Crippen LogP contribution in [-0.2, 0) is 0 Å². The van der Waals surface area contributed by atoms with E-state index in [1.165, 1.54) is 6.07 Å². The quantitative estimate of drug-likeness (QED) is 0.480. The number of fused-ring (bicyclic) bond motifs is 3. The second-order valence-electron chi connectivity index (χ2n) is 5.06. The molecule has 0 bridgehead atoms. The summed E-state index contributed by atoms with van der Waals surface area (Å²) in [6.07, 6.45) is 0. The molecule has 0 aliphatic heterocycles. The van der Waals surface area contributed by atoms with Crippen LogP contribution in [0.1, 0.15) is 5.76 Å². The molecular formula is C18H12O3. The second kappa shape index (κ2) is 4.35. The largest absolute Gasteiger partial charge is 0.461 e. The summed E-state index contributed by atoms with van der Waals surface area (Å²) in [6, 6.07) is 17.1. The Kier molecular flexibility index (Phi) is 2.48. The molecular weight excluding hydrogens is 264 g/mol. The molecule has 0 fully saturated rings. The fraction of sp³-hybridized carbons (Fsp3) is 0.0556. The van der Waals surface area contributed by atoms with Gasteiger partial charge in [0.15, 0.2) is 0 Å². The van der Waals surface area contributed by atoms with Crippen molar-refractivity contribution in [1.29, 1.82) is 0 Å². The van der Waals surface area contributed by atoms with Crippen molar-refractivity contribution >= 4 is 21.9 Å². The third kappa shape index (κ3) is 1.86. The Labute approximate surface area is 120 Å². The average molecular weight is 276 g/mol. The van der Waals surface area contributed by atoms with Gasteiger partial charge in [-0.05, 0) is 36.2 Å². The SMILES string of the molecule is Cc1cc2c(ccc3c(-c4ccccc4)cc(=O)oc32)o1. The molecule has 0 spiro atoms. The molecule has 3 nitrogen and oxygen atoms in total. The third-order valence-corrected chi connectivity index (χ3v) is 3.61. The van der Waals surface area contributed by atoms with Gasteiger partial charge in [-0.25, -0.2) is 4.79 Å². The van der Waals surface area contributed by atoms with E-state index in [0.29, 0.717) is 5.58 Å². The molecule has 21 heavy (non-hydrogen) atoms. The Morgan fingerprint density at radius 2 is 1.67 bits per heavy atom. The number of furan rings is 1. The van der Waals surface area contributed by atoms with Crippen LogP contribution in [0.5, 0.6) is 0 Å². The summed E-state index contributed by atoms with van der Waals surface area (Å²) in [7, 11) is 0. The molecule has 0 saturated heterocycles. The summed E-state index contributed by atoms with van der Waals surface area (Å²) in [4.78, 5) is 11.9. The van der Waals surface area contributed by atoms with Crippen LogP contribution in [0.2, 0.25) is 0 Å². The Hall–Kier alpha value is -2.81. The summed E-state index contributed by atoms with van der Waals surface area (Å²) in [6.45, 7) is 1.88. The number of aryl methyl sites for hydroxylation is 1. The second-order valence-corrected chi connectivity index (χ2v) is 5.06. The van der Waals surface area contributed by atoms with Crippen LogP contribution in [0.15, 0.2) is 68.2 Å². The predicted molar refractivity (Wildman–Crippen MR) is 82.4 cm³/mol. The van der Waals surface area contributed by atoms with Crippen LogP contribution in [0, 0.1) is 6.92 Å². The van der Waals surface area contributed by atoms with Crippen LogP contribution < -0.4 is 5.63 Å². The fourth-order valence-corrected chi connectivity index (χ4v) is 2.72. The minimum absolute atomic E-state index is 0.354. The molecule has 102 valence electrons. The van der Waals surface area contributed by atoms with Gasteiger partial charge in [0.2, 0.25) is 0 Å². The Balaban J connectivity index is 2.17. The predicted octanol–water partition coefficient (Wildman–Crippen LogP) is 4.51. The molecule has 0 aliphatic carbocycles. The first kappa shape index (κ1) is 12.0. The molecule has 2 aromatic carbocycles. The molecule has 0 amide bonds. The third-order valence-electron chi connectivity index (χ3n) is 3.61. The van der Waals surface area contributed by atoms with Crippen LogP contribution in [0.4, 0.5) is 0 Å². The van der Waals surface area contributed by atoms with Crippen molar-refractivity contribution in [2.24, 2.45) is 0 Å². The van der Waals surface area contributed by atoms with Crippen LogP contribution in [-0.4, -0.2) is 0 Å². The molecule has 0 saturated carbocycles. The maximum Gasteiger partial charge on any atom is 0.336 e. The number of hydrogen-bond donors (Lipinski definition) is 0. The van der Waals surface area contributed by atoms with Gasteiger partial charge in [-0.2, -0.15) is 0 Å². The van der Waals surface area contributed by atoms with Gasteiger partial charge in [-0.1, -0.05) is 30.3 Å². The van der Waals surface area contributed by atoms with E-state index in [2.05, 4.69) is 0 Å². The van der Waals surface area contributed by atoms with Gasteiger partial charge in [0.25, 0.3) is 0 Å². The topological polar surface area (TPSA) is 43.4 Å². The summed E-state index contributed by atoms with van der Waals surface area (Å²) in [5.41, 5.74) is 2.83. The summed E-state index contributed by atoms with van der Waals surface area (Å²) < 4.78 is 11.0. The van der Waals surface area contributed by atoms with Crippen molar-refractivity contribution < 1.29 is 8.83 Å². The van der Waals surface area contributed by atoms with Gasteiger partial charge >= 0.3 is 5.63 Å². The van der Waals surface area contributed by atoms with Gasteiger partial charge in [-0.3, -0.25) is 0 Å². The summed E-state index contributed by atoms with van der Waals surface area (Å²) in [5, 5.41) is 1.74. The molecule has 0 aliphatic rings. The first-order valence-corrected chi connectivity index (χ1v) is 6.75. The number of benzene rings is 2. The minimum atomic E-state index is -0.354. The first-order chi connectivity index (χ1) is 10.2. The van der Waals surface area contributed by atoms with E-state index in [9.17, 15) is 4.79 Å². The Morgan fingerprint density at radius 1 is 0.857 bits per heavy atom. The number of rotatable bonds is 1. The maximum absolute atomic E-state index is 11.9. The lowest BCUT2D eigenvalue weighted by Crippen LogP contribution is -1.98. The van der Waals surface area contributed by atoms with Crippen molar-refractivity contribution in [2.75, 3.05) is 0 Å². The van der Waals surface area contributed by atoms with Gasteiger partial charge < -0.3 is 8.83 Å². The van der Waals surface area contributed by atoms with Crippen LogP contribution >= 0.6 is 0 Å². The Morgan fingerprint density at radius 3 is 2.48 bits per heavy atom. The molecule has 2 aromatic heterocycles. The van der Waals surface area contributed by atoms with Gasteiger partial charge in [0.1, 0.15) is 16.9 Å². The highest BCUT2D eigenvalue weighted by molar-refractivity contribution is 6.07. The highest BCUT2D eigenvalue weighted by atomic mass is 16.4. The van der Waals surface area contributed by atoms with Crippen LogP contribution in [0.3, 0.4) is 0 Å². The van der Waals surface area contributed by atoms with E-state index in [4.69, 9.17) is 8.83 Å². The van der Waals surface area contributed by atoms with Crippen molar-refractivity contribution in [3.63, 3.8) is 0 Å². The van der Waals surface area contributed by atoms with Gasteiger partial charge in [0.05, 0.1) is 5.39 Å². The summed E-state index contributed by atoms with van der Waals surface area (Å²) in [5.74, 6) is 0.797. The van der Waals surface area contributed by atoms with E-state index < -0.39 is 0 Å². The lowest BCUT2D eigenvalue weighted by molar-refractivity contribution is 0.563. The monoisotopic (exact) mass is 276 g/mol. The zero-order valence-electron chi connectivity index (χ0n) is 11.4. The highest BCUT2D eigenvalue weighted by Crippen LogP contribution is 2.33. The van der Waals surface area contributed by atoms with E-state index in [0.717, 1.165) is 33.2 Å². The zero-order chi connectivity index (χ0) is 14.4.